The van der Waals surface area contributed by atoms with Gasteiger partial charge < -0.3 is 0 Å². The number of hydrogen-bond acceptors (Lipinski definition) is 2. The highest BCUT2D eigenvalue weighted by Gasteiger charge is 2.38. The molecule has 0 radical (unpaired) electrons. The maximum atomic E-state index is 14.8. The molecule has 3 rings (SSSR count). The van der Waals surface area contributed by atoms with E-state index in [1.54, 1.807) is 0 Å². The number of nitrogens with zero attached hydrogens (tertiary/aromatic N) is 4. The van der Waals surface area contributed by atoms with Crippen LogP contribution in [0.3, 0.4) is 0 Å². The van der Waals surface area contributed by atoms with E-state index in [1.807, 2.05) is 0 Å². The second-order valence-corrected chi connectivity index (χ2v) is 7.67. The zero-order valence-electron chi connectivity index (χ0n) is 19.0. The van der Waals surface area contributed by atoms with Crippen molar-refractivity contribution in [3.05, 3.63) is 110 Å². The van der Waals surface area contributed by atoms with E-state index >= 15 is 0 Å². The summed E-state index contributed by atoms with van der Waals surface area (Å²) < 4.78 is 140. The Morgan fingerprint density at radius 3 is 1.77 bits per heavy atom. The van der Waals surface area contributed by atoms with Gasteiger partial charge in [0.15, 0.2) is 23.3 Å². The second kappa shape index (κ2) is 10.4. The lowest BCUT2D eigenvalue weighted by molar-refractivity contribution is -0.141. The zero-order valence-corrected chi connectivity index (χ0v) is 19.0. The minimum atomic E-state index is -5.34. The topological polar surface area (TPSA) is 56.3 Å². The van der Waals surface area contributed by atoms with Gasteiger partial charge in [-0.2, -0.15) is 31.6 Å². The smallest absolute Gasteiger partial charge is 0.232 e. The summed E-state index contributed by atoms with van der Waals surface area (Å²) in [6.07, 6.45) is -10.5. The molecule has 3 aromatic carbocycles. The van der Waals surface area contributed by atoms with E-state index in [-0.39, 0.29) is 18.2 Å². The van der Waals surface area contributed by atoms with Gasteiger partial charge in [-0.3, -0.25) is 0 Å². The van der Waals surface area contributed by atoms with Crippen LogP contribution in [0.2, 0.25) is 0 Å². The van der Waals surface area contributed by atoms with Crippen LogP contribution in [0.5, 0.6) is 0 Å². The molecule has 0 fully saturated rings. The Balaban J connectivity index is 2.74. The molecular formula is C26H6F10N4. The van der Waals surface area contributed by atoms with Gasteiger partial charge in [0, 0.05) is 5.22 Å². The van der Waals surface area contributed by atoms with Crippen molar-refractivity contribution >= 4 is 17.0 Å². The molecule has 0 aromatic heterocycles. The zero-order chi connectivity index (χ0) is 30.2. The molecule has 4 nitrogen and oxygen atoms in total. The lowest BCUT2D eigenvalue weighted by Crippen LogP contribution is -2.20. The summed E-state index contributed by atoms with van der Waals surface area (Å²) in [5, 5.41) is 17.5. The largest absolute Gasteiger partial charge is 0.417 e. The molecule has 0 amide bonds. The van der Waals surface area contributed by atoms with Gasteiger partial charge in [0.05, 0.1) is 41.5 Å². The highest BCUT2D eigenvalue weighted by atomic mass is 19.4. The molecular weight excluding hydrogens is 558 g/mol. The van der Waals surface area contributed by atoms with Crippen LogP contribution >= 0.6 is 0 Å². The predicted octanol–water partition coefficient (Wildman–Crippen LogP) is 6.77. The van der Waals surface area contributed by atoms with Crippen molar-refractivity contribution in [2.45, 2.75) is 12.4 Å². The van der Waals surface area contributed by atoms with E-state index < -0.39 is 90.8 Å². The van der Waals surface area contributed by atoms with Crippen molar-refractivity contribution in [1.29, 1.82) is 10.5 Å². The van der Waals surface area contributed by atoms with Gasteiger partial charge in [-0.25, -0.2) is 32.5 Å². The molecule has 0 unspecified atom stereocenters. The van der Waals surface area contributed by atoms with Crippen LogP contribution in [-0.4, -0.2) is 0 Å². The van der Waals surface area contributed by atoms with Crippen LogP contribution in [0, 0.1) is 59.1 Å². The van der Waals surface area contributed by atoms with Crippen molar-refractivity contribution in [3.8, 4) is 23.3 Å². The number of nitriles is 2. The van der Waals surface area contributed by atoms with E-state index in [1.165, 1.54) is 12.1 Å². The SMILES string of the molecule is [C-]#[N+]/C(C#N)=c1\cc/c(=C(/C#N)c2c(F)c(F)c([N+]#[C-])c(F)c2F)c(-c2cc(C(F)(F)F)ccc2C(F)(F)F)c1. The summed E-state index contributed by atoms with van der Waals surface area (Å²) in [7, 11) is 0. The van der Waals surface area contributed by atoms with Crippen molar-refractivity contribution in [1.82, 2.24) is 0 Å². The van der Waals surface area contributed by atoms with E-state index in [4.69, 9.17) is 18.4 Å². The standard InChI is InChI=1S/C26H6F10N4/c1-39-18(10-38)11-3-5-13(16(9-37)19-20(27)22(29)24(40-2)23(30)21(19)28)14(7-11)15-8-12(25(31,32)33)4-6-17(15)26(34,35)36/h3-8H/b16-13+,18-11+. The van der Waals surface area contributed by atoms with Gasteiger partial charge in [-0.1, -0.05) is 18.2 Å². The van der Waals surface area contributed by atoms with Crippen molar-refractivity contribution in [2.24, 2.45) is 0 Å². The highest BCUT2D eigenvalue weighted by molar-refractivity contribution is 5.84. The quantitative estimate of drug-likeness (QED) is 0.196. The lowest BCUT2D eigenvalue weighted by atomic mass is 9.91. The van der Waals surface area contributed by atoms with Gasteiger partial charge in [-0.15, -0.1) is 0 Å². The molecule has 0 heterocycles. The fourth-order valence-electron chi connectivity index (χ4n) is 3.67. The molecule has 0 aliphatic heterocycles. The van der Waals surface area contributed by atoms with Gasteiger partial charge in [0.1, 0.15) is 6.07 Å². The van der Waals surface area contributed by atoms with Gasteiger partial charge in [0.25, 0.3) is 11.4 Å². The van der Waals surface area contributed by atoms with Crippen molar-refractivity contribution in [3.63, 3.8) is 0 Å². The molecule has 0 saturated carbocycles. The van der Waals surface area contributed by atoms with Crippen molar-refractivity contribution < 1.29 is 43.9 Å². The molecule has 0 aliphatic rings. The van der Waals surface area contributed by atoms with Crippen molar-refractivity contribution in [2.75, 3.05) is 0 Å². The Kier molecular flexibility index (Phi) is 7.62. The maximum absolute atomic E-state index is 14.8. The van der Waals surface area contributed by atoms with Crippen LogP contribution in [0.1, 0.15) is 16.7 Å². The average Bonchev–Trinajstić information content (AvgIpc) is 2.90. The van der Waals surface area contributed by atoms with Crippen LogP contribution in [0.15, 0.2) is 36.4 Å². The number of rotatable bonds is 2. The predicted molar refractivity (Wildman–Crippen MR) is 117 cm³/mol. The molecule has 200 valence electrons. The van der Waals surface area contributed by atoms with E-state index in [9.17, 15) is 49.2 Å². The first-order valence-electron chi connectivity index (χ1n) is 10.2. The summed E-state index contributed by atoms with van der Waals surface area (Å²) in [5.74, 6) is -9.03. The van der Waals surface area contributed by atoms with Crippen LogP contribution in [0.4, 0.5) is 49.6 Å². The molecule has 40 heavy (non-hydrogen) atoms. The van der Waals surface area contributed by atoms with Crippen LogP contribution in [0.25, 0.3) is 32.1 Å². The molecule has 0 saturated heterocycles. The fourth-order valence-corrected chi connectivity index (χ4v) is 3.67. The van der Waals surface area contributed by atoms with Gasteiger partial charge in [0.2, 0.25) is 0 Å². The third-order valence-corrected chi connectivity index (χ3v) is 5.44. The van der Waals surface area contributed by atoms with Gasteiger partial charge in [-0.05, 0) is 34.5 Å². The Labute approximate surface area is 217 Å². The molecule has 0 atom stereocenters. The summed E-state index contributed by atoms with van der Waals surface area (Å²) in [4.78, 5) is 5.16. The first kappa shape index (κ1) is 29.2. The highest BCUT2D eigenvalue weighted by Crippen LogP contribution is 2.40. The Bertz CT molecular complexity index is 1810. The maximum Gasteiger partial charge on any atom is 0.417 e. The first-order chi connectivity index (χ1) is 18.6. The lowest BCUT2D eigenvalue weighted by Gasteiger charge is -2.17. The number of benzene rings is 3. The third-order valence-electron chi connectivity index (χ3n) is 5.44. The normalized spacial score (nSPS) is 12.9. The van der Waals surface area contributed by atoms with Gasteiger partial charge >= 0.3 is 12.4 Å². The minimum absolute atomic E-state index is 0.0142. The summed E-state index contributed by atoms with van der Waals surface area (Å²) in [6, 6.07) is 4.82. The molecule has 14 heteroatoms. The Morgan fingerprint density at radius 2 is 1.32 bits per heavy atom. The van der Waals surface area contributed by atoms with E-state index in [0.717, 1.165) is 6.07 Å². The first-order valence-corrected chi connectivity index (χ1v) is 10.2. The molecule has 0 N–H and O–H groups in total. The van der Waals surface area contributed by atoms with E-state index in [2.05, 4.69) is 9.69 Å². The number of halogens is 10. The number of hydrogen-bond donors (Lipinski definition) is 0. The average molecular weight is 564 g/mol. The fraction of sp³-hybridized carbons (Fsp3) is 0.0769. The number of alkyl halides is 6. The third kappa shape index (κ3) is 5.03. The van der Waals surface area contributed by atoms with Crippen LogP contribution < -0.4 is 10.4 Å². The molecule has 0 spiro atoms. The summed E-state index contributed by atoms with van der Waals surface area (Å²) in [6.45, 7) is 13.7. The molecule has 0 aliphatic carbocycles. The monoisotopic (exact) mass is 564 g/mol. The second-order valence-electron chi connectivity index (χ2n) is 7.67. The Hall–Kier alpha value is -5.34. The summed E-state index contributed by atoms with van der Waals surface area (Å²) >= 11 is 0. The van der Waals surface area contributed by atoms with E-state index in [0.29, 0.717) is 12.1 Å². The Morgan fingerprint density at radius 1 is 0.725 bits per heavy atom. The summed E-state index contributed by atoms with van der Waals surface area (Å²) in [5.41, 5.74) is -11.2. The van der Waals surface area contributed by atoms with Crippen LogP contribution in [-0.2, 0) is 12.4 Å². The molecule has 3 aromatic rings. The minimum Gasteiger partial charge on any atom is -0.232 e. The molecule has 0 bridgehead atoms.